The van der Waals surface area contributed by atoms with E-state index in [2.05, 4.69) is 10.4 Å². The normalized spacial score (nSPS) is 20.2. The van der Waals surface area contributed by atoms with E-state index < -0.39 is 15.9 Å². The largest absolute Gasteiger partial charge is 0.394 e. The summed E-state index contributed by atoms with van der Waals surface area (Å²) < 4.78 is 27.6. The zero-order valence-electron chi connectivity index (χ0n) is 19.8. The summed E-state index contributed by atoms with van der Waals surface area (Å²) in [5.41, 5.74) is 2.13. The van der Waals surface area contributed by atoms with Crippen LogP contribution in [0.25, 0.3) is 5.57 Å². The van der Waals surface area contributed by atoms with Gasteiger partial charge in [0.15, 0.2) is 15.7 Å². The van der Waals surface area contributed by atoms with E-state index in [1.165, 1.54) is 4.68 Å². The molecule has 1 amide bonds. The fourth-order valence-corrected chi connectivity index (χ4v) is 6.82. The zero-order valence-corrected chi connectivity index (χ0v) is 20.6. The molecule has 0 bridgehead atoms. The highest BCUT2D eigenvalue weighted by atomic mass is 32.2. The summed E-state index contributed by atoms with van der Waals surface area (Å²) in [6, 6.07) is 7.05. The van der Waals surface area contributed by atoms with E-state index in [9.17, 15) is 18.3 Å². The van der Waals surface area contributed by atoms with Crippen molar-refractivity contribution in [3.63, 3.8) is 0 Å². The summed E-state index contributed by atoms with van der Waals surface area (Å²) >= 11 is 0. The maximum atomic E-state index is 13.4. The van der Waals surface area contributed by atoms with Crippen LogP contribution in [0.5, 0.6) is 0 Å². The first-order valence-corrected chi connectivity index (χ1v) is 14.1. The molecule has 0 unspecified atom stereocenters. The SMILES string of the molecule is O=C(Nc1ccn(C[C@H](O)CO)n1)C(=CC1CCCC1)c1ccc(S(=O)(=O)C2CC2)c(C2CC2)c1. The Morgan fingerprint density at radius 1 is 1.14 bits per heavy atom. The van der Waals surface area contributed by atoms with Crippen molar-refractivity contribution in [3.8, 4) is 0 Å². The average Bonchev–Trinajstić information content (AvgIpc) is 3.77. The lowest BCUT2D eigenvalue weighted by molar-refractivity contribution is -0.111. The third kappa shape index (κ3) is 5.52. The second-order valence-electron chi connectivity index (χ2n) is 10.1. The van der Waals surface area contributed by atoms with E-state index in [1.54, 1.807) is 24.4 Å². The molecule has 0 saturated heterocycles. The monoisotopic (exact) mass is 499 g/mol. The van der Waals surface area contributed by atoms with Crippen molar-refractivity contribution in [2.45, 2.75) is 80.1 Å². The van der Waals surface area contributed by atoms with Gasteiger partial charge < -0.3 is 15.5 Å². The molecule has 3 N–H and O–H groups in total. The van der Waals surface area contributed by atoms with E-state index >= 15 is 0 Å². The summed E-state index contributed by atoms with van der Waals surface area (Å²) in [6.45, 7) is -0.246. The topological polar surface area (TPSA) is 122 Å². The molecule has 9 heteroatoms. The summed E-state index contributed by atoms with van der Waals surface area (Å²) in [6.07, 6.45) is 10.5. The zero-order chi connectivity index (χ0) is 24.6. The van der Waals surface area contributed by atoms with Crippen LogP contribution < -0.4 is 5.32 Å². The number of hydrogen-bond donors (Lipinski definition) is 3. The first kappa shape index (κ1) is 24.2. The van der Waals surface area contributed by atoms with Gasteiger partial charge in [-0.3, -0.25) is 9.48 Å². The third-order valence-corrected chi connectivity index (χ3v) is 9.48. The fraction of sp³-hybridized carbons (Fsp3) is 0.538. The van der Waals surface area contributed by atoms with Crippen molar-refractivity contribution in [3.05, 3.63) is 47.7 Å². The second-order valence-corrected chi connectivity index (χ2v) is 12.3. The molecule has 3 fully saturated rings. The number of nitrogens with one attached hydrogen (secondary N) is 1. The lowest BCUT2D eigenvalue weighted by Crippen LogP contribution is -2.20. The van der Waals surface area contributed by atoms with Crippen molar-refractivity contribution >= 4 is 27.1 Å². The van der Waals surface area contributed by atoms with Crippen LogP contribution in [0.1, 0.15) is 68.4 Å². The molecule has 1 heterocycles. The summed E-state index contributed by atoms with van der Waals surface area (Å²) in [4.78, 5) is 13.9. The first-order valence-electron chi connectivity index (χ1n) is 12.6. The van der Waals surface area contributed by atoms with E-state index in [0.29, 0.717) is 22.2 Å². The van der Waals surface area contributed by atoms with Crippen molar-refractivity contribution in [2.75, 3.05) is 11.9 Å². The molecule has 3 saturated carbocycles. The number of anilines is 1. The van der Waals surface area contributed by atoms with Crippen LogP contribution in [-0.2, 0) is 21.2 Å². The van der Waals surface area contributed by atoms with Gasteiger partial charge in [0.1, 0.15) is 0 Å². The quantitative estimate of drug-likeness (QED) is 0.432. The summed E-state index contributed by atoms with van der Waals surface area (Å²) in [5, 5.41) is 25.6. The Labute approximate surface area is 206 Å². The van der Waals surface area contributed by atoms with Crippen molar-refractivity contribution in [1.29, 1.82) is 0 Å². The van der Waals surface area contributed by atoms with Gasteiger partial charge in [0.05, 0.1) is 29.4 Å². The van der Waals surface area contributed by atoms with Crippen LogP contribution in [-0.4, -0.2) is 52.3 Å². The van der Waals surface area contributed by atoms with E-state index in [0.717, 1.165) is 62.5 Å². The van der Waals surface area contributed by atoms with Crippen LogP contribution in [0.4, 0.5) is 5.82 Å². The molecule has 2 aromatic rings. The molecule has 1 atom stereocenters. The van der Waals surface area contributed by atoms with Crippen molar-refractivity contribution < 1.29 is 23.4 Å². The molecule has 188 valence electrons. The Hall–Kier alpha value is -2.49. The minimum absolute atomic E-state index is 0.124. The number of benzene rings is 1. The first-order chi connectivity index (χ1) is 16.8. The number of allylic oxidation sites excluding steroid dienone is 1. The predicted molar refractivity (Wildman–Crippen MR) is 133 cm³/mol. The second kappa shape index (κ2) is 9.87. The molecule has 35 heavy (non-hydrogen) atoms. The molecular formula is C26H33N3O5S. The third-order valence-electron chi connectivity index (χ3n) is 7.15. The van der Waals surface area contributed by atoms with E-state index in [1.807, 2.05) is 12.1 Å². The van der Waals surface area contributed by atoms with Crippen LogP contribution in [0.15, 0.2) is 41.4 Å². The Kier molecular flexibility index (Phi) is 6.83. The van der Waals surface area contributed by atoms with Crippen molar-refractivity contribution in [1.82, 2.24) is 9.78 Å². The van der Waals surface area contributed by atoms with Gasteiger partial charge in [0, 0.05) is 17.8 Å². The molecule has 3 aliphatic carbocycles. The Morgan fingerprint density at radius 3 is 2.54 bits per heavy atom. The molecule has 8 nitrogen and oxygen atoms in total. The predicted octanol–water partition coefficient (Wildman–Crippen LogP) is 3.26. The molecule has 5 rings (SSSR count). The number of nitrogens with zero attached hydrogens (tertiary/aromatic N) is 2. The van der Waals surface area contributed by atoms with Gasteiger partial charge in [-0.05, 0) is 73.6 Å². The van der Waals surface area contributed by atoms with Gasteiger partial charge in [-0.25, -0.2) is 8.42 Å². The van der Waals surface area contributed by atoms with Crippen LogP contribution in [0.2, 0.25) is 0 Å². The summed E-state index contributed by atoms with van der Waals surface area (Å²) in [5.74, 6) is 0.618. The van der Waals surface area contributed by atoms with Gasteiger partial charge in [0.25, 0.3) is 5.91 Å². The van der Waals surface area contributed by atoms with Gasteiger partial charge in [-0.2, -0.15) is 5.10 Å². The number of aromatic nitrogens is 2. The molecule has 3 aliphatic rings. The fourth-order valence-electron chi connectivity index (χ4n) is 4.90. The molecule has 0 radical (unpaired) electrons. The lowest BCUT2D eigenvalue weighted by atomic mass is 9.96. The van der Waals surface area contributed by atoms with Crippen molar-refractivity contribution in [2.24, 2.45) is 5.92 Å². The summed E-state index contributed by atoms with van der Waals surface area (Å²) in [7, 11) is -3.32. The average molecular weight is 500 g/mol. The minimum Gasteiger partial charge on any atom is -0.394 e. The molecule has 0 aliphatic heterocycles. The lowest BCUT2D eigenvalue weighted by Gasteiger charge is -2.15. The molecule has 1 aromatic heterocycles. The molecule has 0 spiro atoms. The highest BCUT2D eigenvalue weighted by Gasteiger charge is 2.40. The van der Waals surface area contributed by atoms with Crippen LogP contribution in [0, 0.1) is 5.92 Å². The number of aliphatic hydroxyl groups is 2. The number of sulfone groups is 1. The smallest absolute Gasteiger partial charge is 0.257 e. The number of rotatable bonds is 10. The highest BCUT2D eigenvalue weighted by Crippen LogP contribution is 2.46. The van der Waals surface area contributed by atoms with Crippen LogP contribution in [0.3, 0.4) is 0 Å². The Morgan fingerprint density at radius 2 is 1.89 bits per heavy atom. The van der Waals surface area contributed by atoms with Crippen LogP contribution >= 0.6 is 0 Å². The molecular weight excluding hydrogens is 466 g/mol. The van der Waals surface area contributed by atoms with Gasteiger partial charge in [0.2, 0.25) is 0 Å². The Balaban J connectivity index is 1.44. The van der Waals surface area contributed by atoms with Gasteiger partial charge >= 0.3 is 0 Å². The highest BCUT2D eigenvalue weighted by molar-refractivity contribution is 7.92. The maximum absolute atomic E-state index is 13.4. The number of amides is 1. The van der Waals surface area contributed by atoms with E-state index in [-0.39, 0.29) is 30.2 Å². The number of aliphatic hydroxyl groups excluding tert-OH is 2. The minimum atomic E-state index is -3.32. The maximum Gasteiger partial charge on any atom is 0.257 e. The van der Waals surface area contributed by atoms with E-state index in [4.69, 9.17) is 5.11 Å². The molecule has 1 aromatic carbocycles. The Bertz CT molecular complexity index is 1220. The van der Waals surface area contributed by atoms with Gasteiger partial charge in [-0.15, -0.1) is 0 Å². The number of carbonyl (C=O) groups excluding carboxylic acids is 1. The standard InChI is InChI=1S/C26H33N3O5S/c30-16-20(31)15-29-12-11-25(28-29)27-26(32)23(13-17-3-1-2-4-17)19-7-10-24(22(14-19)18-5-6-18)35(33,34)21-8-9-21/h7,10-14,17-18,20-21,30-31H,1-6,8-9,15-16H2,(H,27,28,32)/t20-/m0/s1. The number of hydrogen-bond acceptors (Lipinski definition) is 6. The number of carbonyl (C=O) groups is 1. The van der Waals surface area contributed by atoms with Gasteiger partial charge in [-0.1, -0.05) is 25.0 Å².